The molecule has 1 rings (SSSR count). The number of carbonyl (C=O) groups is 2. The fourth-order valence-corrected chi connectivity index (χ4v) is 1.49. The summed E-state index contributed by atoms with van der Waals surface area (Å²) in [6.45, 7) is 2.90. The van der Waals surface area contributed by atoms with Crippen LogP contribution in [0.4, 0.5) is 0 Å². The Morgan fingerprint density at radius 2 is 1.95 bits per heavy atom. The van der Waals surface area contributed by atoms with Crippen molar-refractivity contribution in [2.24, 2.45) is 5.41 Å². The molecule has 0 unspecified atom stereocenters. The van der Waals surface area contributed by atoms with E-state index in [1.165, 1.54) is 0 Å². The molecule has 0 saturated carbocycles. The third-order valence-corrected chi connectivity index (χ3v) is 3.07. The summed E-state index contributed by atoms with van der Waals surface area (Å²) in [5, 5.41) is 21.1. The minimum atomic E-state index is -1.39. The van der Waals surface area contributed by atoms with Gasteiger partial charge in [0.25, 0.3) is 5.91 Å². The molecular formula is C16H21NO5. The fraction of sp³-hybridized carbons (Fsp3) is 0.375. The number of rotatable bonds is 7. The summed E-state index contributed by atoms with van der Waals surface area (Å²) in [6, 6.07) is 9.19. The third-order valence-electron chi connectivity index (χ3n) is 3.07. The van der Waals surface area contributed by atoms with Crippen molar-refractivity contribution in [3.05, 3.63) is 48.2 Å². The van der Waals surface area contributed by atoms with Crippen molar-refractivity contribution in [2.45, 2.75) is 26.6 Å². The molecule has 6 heteroatoms. The van der Waals surface area contributed by atoms with E-state index in [0.29, 0.717) is 0 Å². The van der Waals surface area contributed by atoms with Gasteiger partial charge in [0.15, 0.2) is 0 Å². The van der Waals surface area contributed by atoms with Gasteiger partial charge >= 0.3 is 5.97 Å². The van der Waals surface area contributed by atoms with Crippen LogP contribution in [0.1, 0.15) is 19.4 Å². The Bertz CT molecular complexity index is 525. The van der Waals surface area contributed by atoms with Crippen LogP contribution in [-0.4, -0.2) is 34.8 Å². The highest BCUT2D eigenvalue weighted by Crippen LogP contribution is 2.19. The molecule has 0 heterocycles. The van der Waals surface area contributed by atoms with Crippen molar-refractivity contribution in [2.75, 3.05) is 6.61 Å². The summed E-state index contributed by atoms with van der Waals surface area (Å²) < 4.78 is 4.98. The van der Waals surface area contributed by atoms with Crippen LogP contribution in [-0.2, 0) is 20.9 Å². The molecule has 0 aliphatic rings. The minimum Gasteiger partial charge on any atom is -0.458 e. The van der Waals surface area contributed by atoms with E-state index in [1.54, 1.807) is 13.8 Å². The zero-order valence-corrected chi connectivity index (χ0v) is 12.7. The zero-order valence-electron chi connectivity index (χ0n) is 12.7. The van der Waals surface area contributed by atoms with E-state index in [2.05, 4.69) is 5.32 Å². The van der Waals surface area contributed by atoms with Crippen molar-refractivity contribution < 1.29 is 24.5 Å². The number of benzene rings is 1. The molecule has 0 bridgehead atoms. The second kappa shape index (κ2) is 8.31. The molecule has 0 radical (unpaired) electrons. The number of hydrogen-bond donors (Lipinski definition) is 3. The van der Waals surface area contributed by atoms with Gasteiger partial charge in [0.1, 0.15) is 12.7 Å². The highest BCUT2D eigenvalue weighted by molar-refractivity contribution is 5.85. The number of aliphatic hydroxyl groups excluding tert-OH is 2. The first-order valence-electron chi connectivity index (χ1n) is 6.83. The fourth-order valence-electron chi connectivity index (χ4n) is 1.49. The van der Waals surface area contributed by atoms with E-state index in [0.717, 1.165) is 17.8 Å². The lowest BCUT2D eigenvalue weighted by Gasteiger charge is -2.26. The van der Waals surface area contributed by atoms with Gasteiger partial charge in [0.05, 0.1) is 6.61 Å². The zero-order chi connectivity index (χ0) is 16.6. The molecule has 0 fully saturated rings. The number of carbonyl (C=O) groups excluding carboxylic acids is 2. The number of aliphatic hydroxyl groups is 2. The maximum atomic E-state index is 11.6. The molecule has 3 N–H and O–H groups in total. The van der Waals surface area contributed by atoms with Crippen LogP contribution >= 0.6 is 0 Å². The largest absolute Gasteiger partial charge is 0.458 e. The van der Waals surface area contributed by atoms with Crippen LogP contribution < -0.4 is 5.32 Å². The van der Waals surface area contributed by atoms with Gasteiger partial charge in [-0.05, 0) is 5.56 Å². The molecular weight excluding hydrogens is 286 g/mol. The highest BCUT2D eigenvalue weighted by Gasteiger charge is 2.32. The Morgan fingerprint density at radius 1 is 1.32 bits per heavy atom. The van der Waals surface area contributed by atoms with Crippen LogP contribution in [0.25, 0.3) is 0 Å². The normalized spacial score (nSPS) is 12.9. The van der Waals surface area contributed by atoms with Gasteiger partial charge < -0.3 is 20.3 Å². The van der Waals surface area contributed by atoms with Gasteiger partial charge in [-0.25, -0.2) is 4.79 Å². The molecule has 0 aliphatic heterocycles. The molecule has 0 aliphatic carbocycles. The Morgan fingerprint density at radius 3 is 2.55 bits per heavy atom. The van der Waals surface area contributed by atoms with Gasteiger partial charge in [0.2, 0.25) is 0 Å². The topological polar surface area (TPSA) is 95.9 Å². The lowest BCUT2D eigenvalue weighted by atomic mass is 9.87. The maximum Gasteiger partial charge on any atom is 0.332 e. The van der Waals surface area contributed by atoms with Crippen molar-refractivity contribution in [1.29, 1.82) is 0 Å². The number of ether oxygens (including phenoxy) is 1. The first-order valence-corrected chi connectivity index (χ1v) is 6.83. The number of hydrogen-bond acceptors (Lipinski definition) is 5. The molecule has 1 amide bonds. The SMILES string of the molecule is CC(C)(CO)[C@H](O)C(=O)N/C=C/C(=O)OCc1ccccc1. The maximum absolute atomic E-state index is 11.6. The lowest BCUT2D eigenvalue weighted by Crippen LogP contribution is -2.44. The van der Waals surface area contributed by atoms with E-state index in [4.69, 9.17) is 9.84 Å². The predicted octanol–water partition coefficient (Wildman–Crippen LogP) is 0.739. The molecule has 1 atom stereocenters. The first kappa shape index (κ1) is 17.9. The van der Waals surface area contributed by atoms with Crippen LogP contribution in [0.2, 0.25) is 0 Å². The van der Waals surface area contributed by atoms with Crippen molar-refractivity contribution in [1.82, 2.24) is 5.32 Å². The quantitative estimate of drug-likeness (QED) is 0.510. The standard InChI is InChI=1S/C16H21NO5/c1-16(2,11-18)14(20)15(21)17-9-8-13(19)22-10-12-6-4-3-5-7-12/h3-9,14,18,20H,10-11H2,1-2H3,(H,17,21)/b9-8+/t14-/m1/s1. The van der Waals surface area contributed by atoms with E-state index in [1.807, 2.05) is 30.3 Å². The Balaban J connectivity index is 2.39. The highest BCUT2D eigenvalue weighted by atomic mass is 16.5. The summed E-state index contributed by atoms with van der Waals surface area (Å²) in [4.78, 5) is 23.1. The van der Waals surface area contributed by atoms with E-state index in [9.17, 15) is 14.7 Å². The smallest absolute Gasteiger partial charge is 0.332 e. The van der Waals surface area contributed by atoms with Gasteiger partial charge in [-0.1, -0.05) is 44.2 Å². The van der Waals surface area contributed by atoms with Crippen LogP contribution in [0, 0.1) is 5.41 Å². The summed E-state index contributed by atoms with van der Waals surface area (Å²) >= 11 is 0. The molecule has 0 aromatic heterocycles. The third kappa shape index (κ3) is 5.67. The summed E-state index contributed by atoms with van der Waals surface area (Å²) in [5.41, 5.74) is -0.112. The van der Waals surface area contributed by atoms with Crippen molar-refractivity contribution >= 4 is 11.9 Å². The Labute approximate surface area is 129 Å². The minimum absolute atomic E-state index is 0.137. The summed E-state index contributed by atoms with van der Waals surface area (Å²) in [5.74, 6) is -1.31. The van der Waals surface area contributed by atoms with Crippen LogP contribution in [0.3, 0.4) is 0 Å². The monoisotopic (exact) mass is 307 g/mol. The second-order valence-corrected chi connectivity index (χ2v) is 5.48. The molecule has 1 aromatic rings. The Kier molecular flexibility index (Phi) is 6.75. The molecule has 120 valence electrons. The average Bonchev–Trinajstić information content (AvgIpc) is 2.53. The first-order chi connectivity index (χ1) is 10.4. The van der Waals surface area contributed by atoms with Crippen LogP contribution in [0.15, 0.2) is 42.6 Å². The molecule has 22 heavy (non-hydrogen) atoms. The van der Waals surface area contributed by atoms with Gasteiger partial charge in [-0.2, -0.15) is 0 Å². The number of esters is 1. The van der Waals surface area contributed by atoms with E-state index >= 15 is 0 Å². The van der Waals surface area contributed by atoms with Crippen molar-refractivity contribution in [3.8, 4) is 0 Å². The summed E-state index contributed by atoms with van der Waals surface area (Å²) in [6.07, 6.45) is 0.772. The van der Waals surface area contributed by atoms with E-state index < -0.39 is 23.4 Å². The predicted molar refractivity (Wildman–Crippen MR) is 80.4 cm³/mol. The average molecular weight is 307 g/mol. The van der Waals surface area contributed by atoms with Crippen LogP contribution in [0.5, 0.6) is 0 Å². The molecule has 1 aromatic carbocycles. The van der Waals surface area contributed by atoms with Gasteiger partial charge in [-0.15, -0.1) is 0 Å². The van der Waals surface area contributed by atoms with Gasteiger partial charge in [-0.3, -0.25) is 4.79 Å². The number of nitrogens with one attached hydrogen (secondary N) is 1. The molecule has 0 saturated heterocycles. The summed E-state index contributed by atoms with van der Waals surface area (Å²) in [7, 11) is 0. The lowest BCUT2D eigenvalue weighted by molar-refractivity contribution is -0.139. The van der Waals surface area contributed by atoms with E-state index in [-0.39, 0.29) is 13.2 Å². The number of amides is 1. The van der Waals surface area contributed by atoms with Crippen molar-refractivity contribution in [3.63, 3.8) is 0 Å². The molecule has 6 nitrogen and oxygen atoms in total. The van der Waals surface area contributed by atoms with Gasteiger partial charge in [0, 0.05) is 17.7 Å². The Hall–Kier alpha value is -2.18. The molecule has 0 spiro atoms. The second-order valence-electron chi connectivity index (χ2n) is 5.48.